The number of nitrogens with one attached hydrogen (secondary N) is 1. The number of nitrogens with zero attached hydrogens (tertiary/aromatic N) is 4. The lowest BCUT2D eigenvalue weighted by Gasteiger charge is -2.36. The third-order valence-corrected chi connectivity index (χ3v) is 4.88. The van der Waals surface area contributed by atoms with Gasteiger partial charge in [-0.25, -0.2) is 13.8 Å². The average molecular weight is 427 g/mol. The largest absolute Gasteiger partial charge is 0.463 e. The summed E-state index contributed by atoms with van der Waals surface area (Å²) >= 11 is 0. The van der Waals surface area contributed by atoms with Crippen molar-refractivity contribution in [3.05, 3.63) is 54.5 Å². The minimum absolute atomic E-state index is 0.0660. The molecule has 1 saturated heterocycles. The average Bonchev–Trinajstić information content (AvgIpc) is 2.76. The molecule has 0 aliphatic carbocycles. The maximum absolute atomic E-state index is 14.5. The molecule has 2 atom stereocenters. The summed E-state index contributed by atoms with van der Waals surface area (Å²) in [5.74, 6) is 1.04. The topological polar surface area (TPSA) is 72.4 Å². The Morgan fingerprint density at radius 2 is 1.84 bits per heavy atom. The van der Waals surface area contributed by atoms with Crippen LogP contribution in [0.5, 0.6) is 5.75 Å². The normalized spacial score (nSPS) is 18.6. The van der Waals surface area contributed by atoms with Crippen molar-refractivity contribution in [1.29, 1.82) is 0 Å². The van der Waals surface area contributed by atoms with E-state index in [-0.39, 0.29) is 18.0 Å². The molecule has 0 saturated carbocycles. The quantitative estimate of drug-likeness (QED) is 0.627. The molecule has 1 aliphatic heterocycles. The van der Waals surface area contributed by atoms with Gasteiger partial charge in [0, 0.05) is 18.7 Å². The van der Waals surface area contributed by atoms with Gasteiger partial charge in [-0.05, 0) is 49.7 Å². The van der Waals surface area contributed by atoms with Crippen molar-refractivity contribution in [3.8, 4) is 16.9 Å². The number of halogens is 2. The van der Waals surface area contributed by atoms with E-state index in [1.807, 2.05) is 13.8 Å². The molecule has 2 aromatic heterocycles. The van der Waals surface area contributed by atoms with Crippen molar-refractivity contribution in [2.75, 3.05) is 30.2 Å². The van der Waals surface area contributed by atoms with Crippen LogP contribution < -0.4 is 15.0 Å². The Bertz CT molecular complexity index is 1020. The van der Waals surface area contributed by atoms with Gasteiger partial charge in [0.25, 0.3) is 0 Å². The number of aromatic nitrogens is 3. The number of pyridine rings is 1. The molecule has 4 rings (SSSR count). The van der Waals surface area contributed by atoms with Crippen molar-refractivity contribution in [2.24, 2.45) is 0 Å². The Morgan fingerprint density at radius 1 is 1.10 bits per heavy atom. The number of ether oxygens (including phenoxy) is 2. The summed E-state index contributed by atoms with van der Waals surface area (Å²) < 4.78 is 37.3. The maximum atomic E-state index is 14.5. The van der Waals surface area contributed by atoms with Gasteiger partial charge >= 0.3 is 0 Å². The van der Waals surface area contributed by atoms with E-state index in [0.29, 0.717) is 30.5 Å². The monoisotopic (exact) mass is 427 g/mol. The standard InChI is InChI=1S/C22H23F2N5O2/c1-14-11-29(12-15(2)31-14)21-8-7-19(24)22(27-21)26-20-9-17(10-25-28-20)16-3-5-18(6-4-16)30-13-23/h3-10,14-15H,11-13H2,1-2H3,(H,26,27,28)/t14-,15+. The predicted octanol–water partition coefficient (Wildman–Crippen LogP) is 4.34. The molecule has 31 heavy (non-hydrogen) atoms. The smallest absolute Gasteiger partial charge is 0.228 e. The van der Waals surface area contributed by atoms with Gasteiger partial charge < -0.3 is 19.7 Å². The van der Waals surface area contributed by atoms with Crippen LogP contribution in [0.2, 0.25) is 0 Å². The van der Waals surface area contributed by atoms with Crippen LogP contribution in [0.3, 0.4) is 0 Å². The van der Waals surface area contributed by atoms with Gasteiger partial charge in [-0.1, -0.05) is 12.1 Å². The van der Waals surface area contributed by atoms with E-state index in [1.165, 1.54) is 6.07 Å². The highest BCUT2D eigenvalue weighted by molar-refractivity contribution is 5.67. The summed E-state index contributed by atoms with van der Waals surface area (Å²) in [7, 11) is 0. The highest BCUT2D eigenvalue weighted by atomic mass is 19.1. The first kappa shape index (κ1) is 20.9. The molecule has 9 heteroatoms. The Kier molecular flexibility index (Phi) is 6.22. The molecule has 7 nitrogen and oxygen atoms in total. The SMILES string of the molecule is C[C@@H]1CN(c2ccc(F)c(Nc3cc(-c4ccc(OCF)cc4)cnn3)n2)C[C@H](C)O1. The van der Waals surface area contributed by atoms with Gasteiger partial charge in [-0.2, -0.15) is 5.10 Å². The van der Waals surface area contributed by atoms with E-state index in [4.69, 9.17) is 9.47 Å². The van der Waals surface area contributed by atoms with E-state index < -0.39 is 12.7 Å². The zero-order chi connectivity index (χ0) is 21.8. The van der Waals surface area contributed by atoms with Gasteiger partial charge in [-0.15, -0.1) is 5.10 Å². The molecule has 162 valence electrons. The fourth-order valence-corrected chi connectivity index (χ4v) is 3.57. The number of hydrogen-bond donors (Lipinski definition) is 1. The molecule has 0 spiro atoms. The molecule has 0 bridgehead atoms. The van der Waals surface area contributed by atoms with Gasteiger partial charge in [0.15, 0.2) is 17.5 Å². The Labute approximate surface area is 179 Å². The second-order valence-electron chi connectivity index (χ2n) is 7.39. The third-order valence-electron chi connectivity index (χ3n) is 4.88. The zero-order valence-corrected chi connectivity index (χ0v) is 17.3. The second kappa shape index (κ2) is 9.22. The minimum atomic E-state index is -0.885. The van der Waals surface area contributed by atoms with E-state index >= 15 is 0 Å². The van der Waals surface area contributed by atoms with Gasteiger partial charge in [0.2, 0.25) is 6.86 Å². The van der Waals surface area contributed by atoms with Crippen LogP contribution in [-0.2, 0) is 4.74 Å². The zero-order valence-electron chi connectivity index (χ0n) is 17.3. The molecule has 1 N–H and O–H groups in total. The molecule has 3 heterocycles. The lowest BCUT2D eigenvalue weighted by molar-refractivity contribution is -0.00545. The van der Waals surface area contributed by atoms with Gasteiger partial charge in [0.1, 0.15) is 11.6 Å². The first-order valence-electron chi connectivity index (χ1n) is 9.97. The maximum Gasteiger partial charge on any atom is 0.228 e. The molecule has 1 aliphatic rings. The molecule has 3 aromatic rings. The molecular weight excluding hydrogens is 404 g/mol. The van der Waals surface area contributed by atoms with Crippen molar-refractivity contribution >= 4 is 17.5 Å². The lowest BCUT2D eigenvalue weighted by Crippen LogP contribution is -2.45. The molecular formula is C22H23F2N5O2. The molecule has 0 radical (unpaired) electrons. The van der Waals surface area contributed by atoms with Crippen molar-refractivity contribution < 1.29 is 18.3 Å². The number of morpholine rings is 1. The highest BCUT2D eigenvalue weighted by Gasteiger charge is 2.24. The molecule has 1 fully saturated rings. The second-order valence-corrected chi connectivity index (χ2v) is 7.39. The van der Waals surface area contributed by atoms with Gasteiger partial charge in [-0.3, -0.25) is 0 Å². The predicted molar refractivity (Wildman–Crippen MR) is 114 cm³/mol. The Hall–Kier alpha value is -3.33. The first-order valence-corrected chi connectivity index (χ1v) is 9.97. The number of rotatable bonds is 6. The number of anilines is 3. The van der Waals surface area contributed by atoms with Crippen LogP contribution in [0.4, 0.5) is 26.2 Å². The Morgan fingerprint density at radius 3 is 2.55 bits per heavy atom. The molecule has 0 unspecified atom stereocenters. The van der Waals surface area contributed by atoms with Crippen LogP contribution in [0.1, 0.15) is 13.8 Å². The van der Waals surface area contributed by atoms with Crippen LogP contribution in [0.25, 0.3) is 11.1 Å². The molecule has 1 aromatic carbocycles. The fourth-order valence-electron chi connectivity index (χ4n) is 3.57. The molecule has 0 amide bonds. The highest BCUT2D eigenvalue weighted by Crippen LogP contribution is 2.26. The Balaban J connectivity index is 1.54. The van der Waals surface area contributed by atoms with Crippen molar-refractivity contribution in [3.63, 3.8) is 0 Å². The van der Waals surface area contributed by atoms with E-state index in [0.717, 1.165) is 11.1 Å². The number of hydrogen-bond acceptors (Lipinski definition) is 7. The van der Waals surface area contributed by atoms with Crippen LogP contribution in [0, 0.1) is 5.82 Å². The minimum Gasteiger partial charge on any atom is -0.463 e. The van der Waals surface area contributed by atoms with Crippen molar-refractivity contribution in [2.45, 2.75) is 26.1 Å². The van der Waals surface area contributed by atoms with Crippen molar-refractivity contribution in [1.82, 2.24) is 15.2 Å². The fraction of sp³-hybridized carbons (Fsp3) is 0.318. The summed E-state index contributed by atoms with van der Waals surface area (Å²) in [6.45, 7) is 4.48. The third kappa shape index (κ3) is 5.05. The van der Waals surface area contributed by atoms with E-state index in [2.05, 4.69) is 25.4 Å². The summed E-state index contributed by atoms with van der Waals surface area (Å²) in [5, 5.41) is 11.0. The number of alkyl halides is 1. The summed E-state index contributed by atoms with van der Waals surface area (Å²) in [6.07, 6.45) is 1.72. The summed E-state index contributed by atoms with van der Waals surface area (Å²) in [5.41, 5.74) is 1.60. The van der Waals surface area contributed by atoms with Gasteiger partial charge in [0.05, 0.1) is 18.4 Å². The van der Waals surface area contributed by atoms with Crippen LogP contribution in [0.15, 0.2) is 48.7 Å². The number of benzene rings is 1. The lowest BCUT2D eigenvalue weighted by atomic mass is 10.1. The summed E-state index contributed by atoms with van der Waals surface area (Å²) in [4.78, 5) is 6.54. The van der Waals surface area contributed by atoms with Crippen LogP contribution in [-0.4, -0.2) is 47.3 Å². The summed E-state index contributed by atoms with van der Waals surface area (Å²) in [6, 6.07) is 11.7. The first-order chi connectivity index (χ1) is 15.0. The van der Waals surface area contributed by atoms with Crippen LogP contribution >= 0.6 is 0 Å². The van der Waals surface area contributed by atoms with E-state index in [1.54, 1.807) is 42.6 Å². The van der Waals surface area contributed by atoms with E-state index in [9.17, 15) is 8.78 Å².